The van der Waals surface area contributed by atoms with Gasteiger partial charge in [0, 0.05) is 63.2 Å². The molecule has 0 spiro atoms. The van der Waals surface area contributed by atoms with Gasteiger partial charge < -0.3 is 14.7 Å². The second-order valence-electron chi connectivity index (χ2n) is 11.1. The first kappa shape index (κ1) is 29.6. The van der Waals surface area contributed by atoms with Crippen molar-refractivity contribution in [1.29, 1.82) is 0 Å². The van der Waals surface area contributed by atoms with Crippen molar-refractivity contribution in [2.75, 3.05) is 33.2 Å². The molecule has 2 atom stereocenters. The van der Waals surface area contributed by atoms with E-state index in [0.717, 1.165) is 30.5 Å². The summed E-state index contributed by atoms with van der Waals surface area (Å²) in [5.74, 6) is -0.619. The Morgan fingerprint density at radius 1 is 0.878 bits per heavy atom. The quantitative estimate of drug-likeness (QED) is 0.447. The maximum absolute atomic E-state index is 13.6. The van der Waals surface area contributed by atoms with Crippen LogP contribution in [0.3, 0.4) is 0 Å². The molecule has 3 heterocycles. The number of hydrogen-bond acceptors (Lipinski definition) is 4. The number of aromatic nitrogens is 1. The van der Waals surface area contributed by atoms with Crippen molar-refractivity contribution >= 4 is 40.9 Å². The summed E-state index contributed by atoms with van der Waals surface area (Å²) in [6, 6.07) is 6.77. The van der Waals surface area contributed by atoms with Gasteiger partial charge in [0.25, 0.3) is 5.91 Å². The van der Waals surface area contributed by atoms with E-state index in [1.807, 2.05) is 15.9 Å². The van der Waals surface area contributed by atoms with Crippen LogP contribution in [0.4, 0.5) is 13.2 Å². The Hall–Kier alpha value is -2.85. The average Bonchev–Trinajstić information content (AvgIpc) is 3.82. The average molecular weight is 611 g/mol. The Bertz CT molecular complexity index is 1310. The number of carbonyl (C=O) groups excluding carboxylic acids is 3. The molecule has 1 aliphatic carbocycles. The fourth-order valence-corrected chi connectivity index (χ4v) is 6.19. The third kappa shape index (κ3) is 6.48. The highest BCUT2D eigenvalue weighted by Crippen LogP contribution is 2.37. The molecule has 7 nitrogen and oxygen atoms in total. The molecule has 2 aromatic rings. The van der Waals surface area contributed by atoms with E-state index in [-0.39, 0.29) is 41.3 Å². The molecule has 2 saturated heterocycles. The fraction of sp³-hybridized carbons (Fsp3) is 0.517. The second kappa shape index (κ2) is 11.8. The number of halogens is 5. The lowest BCUT2D eigenvalue weighted by Gasteiger charge is -2.44. The number of benzene rings is 1. The fourth-order valence-electron chi connectivity index (χ4n) is 5.89. The number of nitrogens with zero attached hydrogens (tertiary/aromatic N) is 4. The number of carbonyl (C=O) groups is 3. The van der Waals surface area contributed by atoms with Crippen LogP contribution in [0, 0.1) is 11.8 Å². The van der Waals surface area contributed by atoms with E-state index in [1.54, 1.807) is 19.2 Å². The molecule has 12 heteroatoms. The van der Waals surface area contributed by atoms with Gasteiger partial charge >= 0.3 is 6.18 Å². The molecule has 1 aromatic heterocycles. The Morgan fingerprint density at radius 2 is 1.51 bits per heavy atom. The number of alkyl halides is 3. The maximum atomic E-state index is 13.6. The van der Waals surface area contributed by atoms with Crippen molar-refractivity contribution in [2.24, 2.45) is 11.8 Å². The Morgan fingerprint density at radius 3 is 2.10 bits per heavy atom. The van der Waals surface area contributed by atoms with E-state index in [9.17, 15) is 27.6 Å². The summed E-state index contributed by atoms with van der Waals surface area (Å²) in [5.41, 5.74) is -0.230. The minimum absolute atomic E-state index is 0.0328. The zero-order valence-electron chi connectivity index (χ0n) is 22.5. The van der Waals surface area contributed by atoms with E-state index >= 15 is 0 Å². The van der Waals surface area contributed by atoms with Gasteiger partial charge in [-0.3, -0.25) is 19.4 Å². The monoisotopic (exact) mass is 610 g/mol. The smallest absolute Gasteiger partial charge is 0.342 e. The number of rotatable bonds is 5. The molecule has 0 radical (unpaired) electrons. The van der Waals surface area contributed by atoms with Crippen LogP contribution in [-0.2, 0) is 15.8 Å². The summed E-state index contributed by atoms with van der Waals surface area (Å²) in [6.07, 6.45) is -0.300. The molecule has 5 rings (SSSR count). The number of likely N-dealkylation sites (N-methyl/N-ethyl adjacent to an activating group) is 1. The van der Waals surface area contributed by atoms with Crippen molar-refractivity contribution in [3.8, 4) is 0 Å². The van der Waals surface area contributed by atoms with E-state index < -0.39 is 17.6 Å². The standard InChI is InChI=1S/C29H31Cl2F3N4O3/c1-36(28(41)24-7-5-20(15-35-24)29(32,33)34)25-10-13-38(16-21(25)19-4-6-22(30)23(31)14-19)27(40)18-8-11-37(12-9-18)26(39)17-2-3-17/h4-7,14-15,17-18,21,25H,2-3,8-13,16H2,1H3/t21-,25+/m0/s1. The summed E-state index contributed by atoms with van der Waals surface area (Å²) in [7, 11) is 1.60. The first-order valence-corrected chi connectivity index (χ1v) is 14.5. The van der Waals surface area contributed by atoms with Crippen molar-refractivity contribution in [1.82, 2.24) is 19.7 Å². The third-order valence-electron chi connectivity index (χ3n) is 8.47. The first-order valence-electron chi connectivity index (χ1n) is 13.8. The first-order chi connectivity index (χ1) is 19.4. The SMILES string of the molecule is CN(C(=O)c1ccc(C(F)(F)F)cn1)[C@@H]1CCN(C(=O)C2CCN(C(=O)C3CC3)CC2)C[C@H]1c1ccc(Cl)c(Cl)c1. The van der Waals surface area contributed by atoms with Gasteiger partial charge in [-0.1, -0.05) is 29.3 Å². The highest BCUT2D eigenvalue weighted by molar-refractivity contribution is 6.42. The number of amides is 3. The van der Waals surface area contributed by atoms with Crippen LogP contribution in [0.1, 0.15) is 59.6 Å². The largest absolute Gasteiger partial charge is 0.417 e. The van der Waals surface area contributed by atoms with E-state index in [4.69, 9.17) is 23.2 Å². The summed E-state index contributed by atoms with van der Waals surface area (Å²) in [6.45, 7) is 1.91. The Kier molecular flexibility index (Phi) is 8.53. The molecule has 3 aliphatic rings. The summed E-state index contributed by atoms with van der Waals surface area (Å²) >= 11 is 12.5. The van der Waals surface area contributed by atoms with Gasteiger partial charge in [-0.25, -0.2) is 0 Å². The lowest BCUT2D eigenvalue weighted by Crippen LogP contribution is -2.53. The normalized spacial score (nSPS) is 22.0. The van der Waals surface area contributed by atoms with Gasteiger partial charge in [-0.2, -0.15) is 13.2 Å². The minimum Gasteiger partial charge on any atom is -0.342 e. The Labute approximate surface area is 246 Å². The lowest BCUT2D eigenvalue weighted by molar-refractivity contribution is -0.142. The molecule has 0 N–H and O–H groups in total. The number of likely N-dealkylation sites (tertiary alicyclic amines) is 2. The van der Waals surface area contributed by atoms with Gasteiger partial charge in [-0.15, -0.1) is 0 Å². The van der Waals surface area contributed by atoms with Gasteiger partial charge in [0.2, 0.25) is 11.8 Å². The molecule has 3 amide bonds. The summed E-state index contributed by atoms with van der Waals surface area (Å²) in [5, 5.41) is 0.721. The van der Waals surface area contributed by atoms with Gasteiger partial charge in [0.1, 0.15) is 5.69 Å². The number of pyridine rings is 1. The molecule has 1 aromatic carbocycles. The lowest BCUT2D eigenvalue weighted by atomic mass is 9.84. The molecule has 2 aliphatic heterocycles. The zero-order chi connectivity index (χ0) is 29.5. The molecule has 0 bridgehead atoms. The second-order valence-corrected chi connectivity index (χ2v) is 12.0. The molecular weight excluding hydrogens is 580 g/mol. The number of hydrogen-bond donors (Lipinski definition) is 0. The van der Waals surface area contributed by atoms with Crippen molar-refractivity contribution in [3.05, 3.63) is 63.4 Å². The zero-order valence-corrected chi connectivity index (χ0v) is 24.1. The topological polar surface area (TPSA) is 73.8 Å². The minimum atomic E-state index is -4.55. The summed E-state index contributed by atoms with van der Waals surface area (Å²) < 4.78 is 39.0. The van der Waals surface area contributed by atoms with Crippen molar-refractivity contribution in [2.45, 2.75) is 50.2 Å². The third-order valence-corrected chi connectivity index (χ3v) is 9.21. The van der Waals surface area contributed by atoms with Crippen LogP contribution in [-0.4, -0.2) is 76.7 Å². The van der Waals surface area contributed by atoms with Crippen LogP contribution in [0.25, 0.3) is 0 Å². The number of piperidine rings is 2. The predicted molar refractivity (Wildman–Crippen MR) is 148 cm³/mol. The van der Waals surface area contributed by atoms with Gasteiger partial charge in [0.15, 0.2) is 0 Å². The predicted octanol–water partition coefficient (Wildman–Crippen LogP) is 5.51. The van der Waals surface area contributed by atoms with Gasteiger partial charge in [0.05, 0.1) is 15.6 Å². The van der Waals surface area contributed by atoms with Crippen molar-refractivity contribution < 1.29 is 27.6 Å². The van der Waals surface area contributed by atoms with Crippen LogP contribution < -0.4 is 0 Å². The van der Waals surface area contributed by atoms with Crippen LogP contribution in [0.2, 0.25) is 10.0 Å². The van der Waals surface area contributed by atoms with E-state index in [1.165, 1.54) is 4.90 Å². The highest BCUT2D eigenvalue weighted by atomic mass is 35.5. The molecule has 1 saturated carbocycles. The summed E-state index contributed by atoms with van der Waals surface area (Å²) in [4.78, 5) is 48.3. The van der Waals surface area contributed by atoms with Crippen LogP contribution in [0.5, 0.6) is 0 Å². The molecular formula is C29H31Cl2F3N4O3. The van der Waals surface area contributed by atoms with Gasteiger partial charge in [-0.05, 0) is 61.9 Å². The van der Waals surface area contributed by atoms with Crippen molar-refractivity contribution in [3.63, 3.8) is 0 Å². The van der Waals surface area contributed by atoms with Crippen LogP contribution in [0.15, 0.2) is 36.5 Å². The highest BCUT2D eigenvalue weighted by Gasteiger charge is 2.41. The van der Waals surface area contributed by atoms with Crippen LogP contribution >= 0.6 is 23.2 Å². The Balaban J connectivity index is 1.32. The van der Waals surface area contributed by atoms with E-state index in [0.29, 0.717) is 61.7 Å². The molecule has 3 fully saturated rings. The molecule has 41 heavy (non-hydrogen) atoms. The molecule has 0 unspecified atom stereocenters. The maximum Gasteiger partial charge on any atom is 0.417 e. The molecule has 220 valence electrons. The van der Waals surface area contributed by atoms with E-state index in [2.05, 4.69) is 4.98 Å².